The highest BCUT2D eigenvalue weighted by atomic mass is 19.3. The number of nitrogens with one attached hydrogen (secondary N) is 1. The molecular formula is C9H18F2N4O2. The molecule has 0 aromatic carbocycles. The number of carbonyl (C=O) groups is 1. The molecule has 1 aliphatic rings. The Morgan fingerprint density at radius 2 is 2.35 bits per heavy atom. The summed E-state index contributed by atoms with van der Waals surface area (Å²) < 4.78 is 31.7. The number of hydrogen-bond acceptors (Lipinski definition) is 5. The number of ether oxygens (including phenoxy) is 1. The normalized spacial score (nSPS) is 25.7. The van der Waals surface area contributed by atoms with E-state index in [1.165, 1.54) is 7.11 Å². The molecule has 1 aliphatic heterocycles. The van der Waals surface area contributed by atoms with Crippen molar-refractivity contribution in [3.8, 4) is 0 Å². The van der Waals surface area contributed by atoms with Gasteiger partial charge >= 0.3 is 0 Å². The molecule has 1 heterocycles. The number of alkyl halides is 2. The molecule has 100 valence electrons. The van der Waals surface area contributed by atoms with Gasteiger partial charge in [0, 0.05) is 20.2 Å². The molecule has 1 fully saturated rings. The van der Waals surface area contributed by atoms with Crippen molar-refractivity contribution in [3.63, 3.8) is 0 Å². The first-order valence-corrected chi connectivity index (χ1v) is 5.31. The molecule has 0 aromatic heterocycles. The second kappa shape index (κ2) is 5.67. The fraction of sp³-hybridized carbons (Fsp3) is 0.889. The van der Waals surface area contributed by atoms with Crippen molar-refractivity contribution in [1.29, 1.82) is 0 Å². The van der Waals surface area contributed by atoms with Crippen LogP contribution in [0.25, 0.3) is 0 Å². The first-order valence-electron chi connectivity index (χ1n) is 5.31. The van der Waals surface area contributed by atoms with E-state index < -0.39 is 30.5 Å². The topological polar surface area (TPSA) is 93.6 Å². The van der Waals surface area contributed by atoms with E-state index in [1.807, 2.05) is 0 Å². The Morgan fingerprint density at radius 3 is 2.82 bits per heavy atom. The monoisotopic (exact) mass is 252 g/mol. The van der Waals surface area contributed by atoms with Gasteiger partial charge in [0.1, 0.15) is 6.10 Å². The zero-order valence-corrected chi connectivity index (χ0v) is 9.66. The van der Waals surface area contributed by atoms with E-state index in [0.717, 1.165) is 4.90 Å². The Morgan fingerprint density at radius 1 is 1.71 bits per heavy atom. The number of rotatable bonds is 4. The summed E-state index contributed by atoms with van der Waals surface area (Å²) in [6.45, 7) is -0.400. The maximum absolute atomic E-state index is 13.5. The Kier molecular flexibility index (Phi) is 4.75. The fourth-order valence-electron chi connectivity index (χ4n) is 1.85. The first-order chi connectivity index (χ1) is 7.92. The van der Waals surface area contributed by atoms with Crippen LogP contribution in [0, 0.1) is 0 Å². The highest BCUT2D eigenvalue weighted by molar-refractivity contribution is 5.82. The molecule has 0 aromatic rings. The average molecular weight is 252 g/mol. The van der Waals surface area contributed by atoms with Crippen LogP contribution in [-0.4, -0.2) is 55.6 Å². The molecule has 1 unspecified atom stereocenters. The number of halogens is 2. The number of methoxy groups -OCH3 is 1. The van der Waals surface area contributed by atoms with Gasteiger partial charge in [0.25, 0.3) is 5.92 Å². The summed E-state index contributed by atoms with van der Waals surface area (Å²) >= 11 is 0. The lowest BCUT2D eigenvalue weighted by atomic mass is 10.0. The van der Waals surface area contributed by atoms with Gasteiger partial charge in [-0.15, -0.1) is 0 Å². The van der Waals surface area contributed by atoms with Crippen molar-refractivity contribution in [2.45, 2.75) is 24.5 Å². The van der Waals surface area contributed by atoms with Crippen molar-refractivity contribution < 1.29 is 18.3 Å². The van der Waals surface area contributed by atoms with Crippen LogP contribution in [-0.2, 0) is 9.53 Å². The van der Waals surface area contributed by atoms with Gasteiger partial charge in [-0.2, -0.15) is 0 Å². The second-order valence-corrected chi connectivity index (χ2v) is 4.05. The summed E-state index contributed by atoms with van der Waals surface area (Å²) in [5, 5.41) is 0. The van der Waals surface area contributed by atoms with Crippen LogP contribution in [0.15, 0.2) is 0 Å². The third-order valence-corrected chi connectivity index (χ3v) is 2.79. The molecule has 17 heavy (non-hydrogen) atoms. The molecule has 1 saturated heterocycles. The summed E-state index contributed by atoms with van der Waals surface area (Å²) in [7, 11) is 1.24. The SMILES string of the molecule is CO[C@H]1CCN(C(=O)C(N)CNN)CC1(F)F. The van der Waals surface area contributed by atoms with E-state index in [9.17, 15) is 13.6 Å². The maximum Gasteiger partial charge on any atom is 0.290 e. The van der Waals surface area contributed by atoms with Gasteiger partial charge in [0.05, 0.1) is 12.6 Å². The number of piperidine rings is 1. The predicted molar refractivity (Wildman–Crippen MR) is 57.1 cm³/mol. The van der Waals surface area contributed by atoms with E-state index >= 15 is 0 Å². The van der Waals surface area contributed by atoms with Crippen LogP contribution in [0.1, 0.15) is 6.42 Å². The first kappa shape index (κ1) is 14.2. The Hall–Kier alpha value is -0.830. The lowest BCUT2D eigenvalue weighted by Gasteiger charge is -2.38. The molecule has 2 atom stereocenters. The summed E-state index contributed by atoms with van der Waals surface area (Å²) in [5.41, 5.74) is 7.75. The molecule has 1 amide bonds. The van der Waals surface area contributed by atoms with Gasteiger partial charge in [0.2, 0.25) is 5.91 Å². The summed E-state index contributed by atoms with van der Waals surface area (Å²) in [5.74, 6) is 1.45. The van der Waals surface area contributed by atoms with Gasteiger partial charge in [0.15, 0.2) is 0 Å². The van der Waals surface area contributed by atoms with Crippen LogP contribution in [0.2, 0.25) is 0 Å². The summed E-state index contributed by atoms with van der Waals surface area (Å²) in [6.07, 6.45) is -1.05. The molecule has 1 rings (SSSR count). The third kappa shape index (κ3) is 3.32. The fourth-order valence-corrected chi connectivity index (χ4v) is 1.85. The maximum atomic E-state index is 13.5. The van der Waals surface area contributed by atoms with Crippen LogP contribution >= 0.6 is 0 Å². The highest BCUT2D eigenvalue weighted by Gasteiger charge is 2.46. The molecule has 0 bridgehead atoms. The number of hydrazine groups is 1. The highest BCUT2D eigenvalue weighted by Crippen LogP contribution is 2.29. The number of nitrogens with zero attached hydrogens (tertiary/aromatic N) is 1. The van der Waals surface area contributed by atoms with Crippen molar-refractivity contribution >= 4 is 5.91 Å². The van der Waals surface area contributed by atoms with E-state index in [2.05, 4.69) is 5.43 Å². The molecule has 0 radical (unpaired) electrons. The Labute approximate surface area is 98.2 Å². The lowest BCUT2D eigenvalue weighted by Crippen LogP contribution is -2.58. The van der Waals surface area contributed by atoms with Crippen LogP contribution in [0.5, 0.6) is 0 Å². The van der Waals surface area contributed by atoms with Gasteiger partial charge in [-0.05, 0) is 6.42 Å². The van der Waals surface area contributed by atoms with Gasteiger partial charge in [-0.3, -0.25) is 16.1 Å². The van der Waals surface area contributed by atoms with Crippen molar-refractivity contribution in [2.24, 2.45) is 11.6 Å². The quantitative estimate of drug-likeness (QED) is 0.425. The average Bonchev–Trinajstić information content (AvgIpc) is 2.27. The number of amides is 1. The Bertz CT molecular complexity index is 278. The number of nitrogens with two attached hydrogens (primary N) is 2. The smallest absolute Gasteiger partial charge is 0.290 e. The molecule has 6 nitrogen and oxygen atoms in total. The van der Waals surface area contributed by atoms with Crippen molar-refractivity contribution in [1.82, 2.24) is 10.3 Å². The number of carbonyl (C=O) groups excluding carboxylic acids is 1. The van der Waals surface area contributed by atoms with Crippen molar-refractivity contribution in [3.05, 3.63) is 0 Å². The van der Waals surface area contributed by atoms with Crippen molar-refractivity contribution in [2.75, 3.05) is 26.7 Å². The minimum atomic E-state index is -3.04. The van der Waals surface area contributed by atoms with Gasteiger partial charge in [-0.1, -0.05) is 0 Å². The van der Waals surface area contributed by atoms with Crippen LogP contribution in [0.3, 0.4) is 0 Å². The van der Waals surface area contributed by atoms with E-state index in [0.29, 0.717) is 0 Å². The van der Waals surface area contributed by atoms with Gasteiger partial charge < -0.3 is 15.4 Å². The van der Waals surface area contributed by atoms with Crippen LogP contribution < -0.4 is 17.0 Å². The van der Waals surface area contributed by atoms with E-state index in [1.54, 1.807) is 0 Å². The van der Waals surface area contributed by atoms with Gasteiger partial charge in [-0.25, -0.2) is 8.78 Å². The summed E-state index contributed by atoms with van der Waals surface area (Å²) in [6, 6.07) is -0.908. The molecular weight excluding hydrogens is 234 g/mol. The minimum absolute atomic E-state index is 0.0502. The minimum Gasteiger partial charge on any atom is -0.375 e. The zero-order chi connectivity index (χ0) is 13.1. The standard InChI is InChI=1S/C9H18F2N4O2/c1-17-7-2-3-15(5-9(7,10)11)8(16)6(12)4-14-13/h6-7,14H,2-5,12-13H2,1H3/t6?,7-/m0/s1. The largest absolute Gasteiger partial charge is 0.375 e. The number of likely N-dealkylation sites (tertiary alicyclic amines) is 1. The second-order valence-electron chi connectivity index (χ2n) is 4.05. The number of hydrogen-bond donors (Lipinski definition) is 3. The predicted octanol–water partition coefficient (Wildman–Crippen LogP) is -1.34. The summed E-state index contributed by atoms with van der Waals surface area (Å²) in [4.78, 5) is 12.8. The lowest BCUT2D eigenvalue weighted by molar-refractivity contribution is -0.173. The zero-order valence-electron chi connectivity index (χ0n) is 9.66. The molecule has 0 saturated carbocycles. The molecule has 8 heteroatoms. The molecule has 5 N–H and O–H groups in total. The Balaban J connectivity index is 2.61. The molecule has 0 aliphatic carbocycles. The van der Waals surface area contributed by atoms with E-state index in [4.69, 9.17) is 16.3 Å². The van der Waals surface area contributed by atoms with E-state index in [-0.39, 0.29) is 19.5 Å². The third-order valence-electron chi connectivity index (χ3n) is 2.79. The molecule has 0 spiro atoms. The van der Waals surface area contributed by atoms with Crippen LogP contribution in [0.4, 0.5) is 8.78 Å².